The van der Waals surface area contributed by atoms with E-state index < -0.39 is 0 Å². The van der Waals surface area contributed by atoms with E-state index in [2.05, 4.69) is 22.3 Å². The van der Waals surface area contributed by atoms with Gasteiger partial charge in [0.15, 0.2) is 0 Å². The minimum atomic E-state index is 0.799. The van der Waals surface area contributed by atoms with Crippen LogP contribution in [0, 0.1) is 0 Å². The number of aromatic nitrogens is 3. The van der Waals surface area contributed by atoms with Gasteiger partial charge in [-0.15, -0.1) is 5.10 Å². The molecule has 0 amide bonds. The molecule has 1 rings (SSSR count). The van der Waals surface area contributed by atoms with Crippen LogP contribution in [0.5, 0.6) is 0 Å². The van der Waals surface area contributed by atoms with E-state index in [1.165, 1.54) is 12.8 Å². The zero-order chi connectivity index (χ0) is 11.1. The molecule has 0 atom stereocenters. The highest BCUT2D eigenvalue weighted by Crippen LogP contribution is 2.01. The summed E-state index contributed by atoms with van der Waals surface area (Å²) in [4.78, 5) is 2.26. The summed E-state index contributed by atoms with van der Waals surface area (Å²) in [5, 5.41) is 7.95. The molecule has 86 valence electrons. The van der Waals surface area contributed by atoms with Crippen molar-refractivity contribution in [2.24, 2.45) is 12.8 Å². The molecule has 0 radical (unpaired) electrons. The van der Waals surface area contributed by atoms with Gasteiger partial charge >= 0.3 is 0 Å². The molecule has 1 aromatic heterocycles. The van der Waals surface area contributed by atoms with E-state index >= 15 is 0 Å². The predicted octanol–water partition coefficient (Wildman–Crippen LogP) is 0.376. The standard InChI is InChI=1S/C10H21N5/c1-14(7-5-3-4-6-11)8-10-9-15(2)13-12-10/h9H,3-8,11H2,1-2H3. The van der Waals surface area contributed by atoms with Gasteiger partial charge in [-0.2, -0.15) is 0 Å². The van der Waals surface area contributed by atoms with Crippen molar-refractivity contribution in [1.29, 1.82) is 0 Å². The molecule has 2 N–H and O–H groups in total. The van der Waals surface area contributed by atoms with Crippen LogP contribution in [0.25, 0.3) is 0 Å². The smallest absolute Gasteiger partial charge is 0.0966 e. The van der Waals surface area contributed by atoms with Gasteiger partial charge in [-0.3, -0.25) is 4.68 Å². The van der Waals surface area contributed by atoms with Crippen molar-refractivity contribution in [3.8, 4) is 0 Å². The topological polar surface area (TPSA) is 60.0 Å². The van der Waals surface area contributed by atoms with Crippen molar-refractivity contribution in [2.75, 3.05) is 20.1 Å². The van der Waals surface area contributed by atoms with Gasteiger partial charge in [0, 0.05) is 19.8 Å². The molecule has 0 bridgehead atoms. The molecule has 5 heteroatoms. The number of nitrogens with two attached hydrogens (primary N) is 1. The van der Waals surface area contributed by atoms with Crippen LogP contribution < -0.4 is 5.73 Å². The molecule has 0 aliphatic carbocycles. The van der Waals surface area contributed by atoms with Crippen molar-refractivity contribution in [3.05, 3.63) is 11.9 Å². The minimum Gasteiger partial charge on any atom is -0.330 e. The lowest BCUT2D eigenvalue weighted by Gasteiger charge is -2.14. The monoisotopic (exact) mass is 211 g/mol. The molecule has 5 nitrogen and oxygen atoms in total. The maximum atomic E-state index is 5.44. The second-order valence-electron chi connectivity index (χ2n) is 3.97. The van der Waals surface area contributed by atoms with Crippen LogP contribution in [0.1, 0.15) is 25.0 Å². The van der Waals surface area contributed by atoms with E-state index in [4.69, 9.17) is 5.73 Å². The van der Waals surface area contributed by atoms with E-state index in [0.29, 0.717) is 0 Å². The highest BCUT2D eigenvalue weighted by Gasteiger charge is 2.02. The molecule has 0 aromatic carbocycles. The number of rotatable bonds is 7. The fourth-order valence-corrected chi connectivity index (χ4v) is 1.53. The van der Waals surface area contributed by atoms with Crippen LogP contribution in [0.3, 0.4) is 0 Å². The SMILES string of the molecule is CN(CCCCCN)Cc1cn(C)nn1. The van der Waals surface area contributed by atoms with Gasteiger partial charge in [-0.25, -0.2) is 0 Å². The fraction of sp³-hybridized carbons (Fsp3) is 0.800. The van der Waals surface area contributed by atoms with Crippen LogP contribution in [-0.2, 0) is 13.6 Å². The summed E-state index contributed by atoms with van der Waals surface area (Å²) < 4.78 is 1.73. The lowest BCUT2D eigenvalue weighted by Crippen LogP contribution is -2.19. The van der Waals surface area contributed by atoms with Crippen LogP contribution in [0.2, 0.25) is 0 Å². The molecule has 0 saturated carbocycles. The molecule has 0 saturated heterocycles. The number of unbranched alkanes of at least 4 members (excludes halogenated alkanes) is 2. The van der Waals surface area contributed by atoms with E-state index in [9.17, 15) is 0 Å². The third kappa shape index (κ3) is 4.90. The summed E-state index contributed by atoms with van der Waals surface area (Å²) >= 11 is 0. The first-order valence-electron chi connectivity index (χ1n) is 5.46. The van der Waals surface area contributed by atoms with Crippen LogP contribution >= 0.6 is 0 Å². The summed E-state index contributed by atoms with van der Waals surface area (Å²) in [5.74, 6) is 0. The molecule has 0 aliphatic rings. The van der Waals surface area contributed by atoms with Gasteiger partial charge in [0.05, 0.1) is 5.69 Å². The van der Waals surface area contributed by atoms with Crippen molar-refractivity contribution >= 4 is 0 Å². The van der Waals surface area contributed by atoms with Crippen LogP contribution in [-0.4, -0.2) is 40.0 Å². The molecule has 0 spiro atoms. The lowest BCUT2D eigenvalue weighted by atomic mass is 10.2. The van der Waals surface area contributed by atoms with Crippen LogP contribution in [0.4, 0.5) is 0 Å². The van der Waals surface area contributed by atoms with Crippen molar-refractivity contribution < 1.29 is 0 Å². The third-order valence-electron chi connectivity index (χ3n) is 2.33. The summed E-state index contributed by atoms with van der Waals surface area (Å²) in [6.07, 6.45) is 5.49. The largest absolute Gasteiger partial charge is 0.330 e. The van der Waals surface area contributed by atoms with E-state index in [0.717, 1.165) is 31.7 Å². The van der Waals surface area contributed by atoms with Gasteiger partial charge in [0.2, 0.25) is 0 Å². The Labute approximate surface area is 91.2 Å². The van der Waals surface area contributed by atoms with E-state index in [1.54, 1.807) is 4.68 Å². The molecule has 15 heavy (non-hydrogen) atoms. The number of hydrogen-bond donors (Lipinski definition) is 1. The van der Waals surface area contributed by atoms with Gasteiger partial charge in [0.25, 0.3) is 0 Å². The summed E-state index contributed by atoms with van der Waals surface area (Å²) in [5.41, 5.74) is 6.46. The Morgan fingerprint density at radius 3 is 2.80 bits per heavy atom. The Balaban J connectivity index is 2.15. The maximum Gasteiger partial charge on any atom is 0.0966 e. The van der Waals surface area contributed by atoms with E-state index in [-0.39, 0.29) is 0 Å². The lowest BCUT2D eigenvalue weighted by molar-refractivity contribution is 0.314. The Bertz CT molecular complexity index is 271. The number of aryl methyl sites for hydroxylation is 1. The predicted molar refractivity (Wildman–Crippen MR) is 60.2 cm³/mol. The Morgan fingerprint density at radius 2 is 2.20 bits per heavy atom. The van der Waals surface area contributed by atoms with Crippen molar-refractivity contribution in [1.82, 2.24) is 19.9 Å². The zero-order valence-electron chi connectivity index (χ0n) is 9.69. The Morgan fingerprint density at radius 1 is 1.40 bits per heavy atom. The molecule has 1 aromatic rings. The molecule has 0 unspecified atom stereocenters. The molecule has 0 fully saturated rings. The van der Waals surface area contributed by atoms with Crippen molar-refractivity contribution in [3.63, 3.8) is 0 Å². The first-order valence-corrected chi connectivity index (χ1v) is 5.46. The van der Waals surface area contributed by atoms with E-state index in [1.807, 2.05) is 13.2 Å². The Kier molecular flexibility index (Phi) is 5.28. The third-order valence-corrected chi connectivity index (χ3v) is 2.33. The summed E-state index contributed by atoms with van der Waals surface area (Å²) in [7, 11) is 3.99. The minimum absolute atomic E-state index is 0.799. The van der Waals surface area contributed by atoms with Gasteiger partial charge < -0.3 is 10.6 Å². The summed E-state index contributed by atoms with van der Waals surface area (Å²) in [6.45, 7) is 2.76. The second kappa shape index (κ2) is 6.53. The highest BCUT2D eigenvalue weighted by atomic mass is 15.4. The molecular formula is C10H21N5. The average Bonchev–Trinajstić information content (AvgIpc) is 2.59. The van der Waals surface area contributed by atoms with Gasteiger partial charge in [-0.05, 0) is 33.0 Å². The number of hydrogen-bond acceptors (Lipinski definition) is 4. The van der Waals surface area contributed by atoms with Gasteiger partial charge in [-0.1, -0.05) is 11.6 Å². The zero-order valence-corrected chi connectivity index (χ0v) is 9.69. The normalized spacial score (nSPS) is 11.2. The first kappa shape index (κ1) is 12.1. The second-order valence-corrected chi connectivity index (χ2v) is 3.97. The van der Waals surface area contributed by atoms with Gasteiger partial charge in [0.1, 0.15) is 0 Å². The van der Waals surface area contributed by atoms with Crippen LogP contribution in [0.15, 0.2) is 6.20 Å². The molecule has 1 heterocycles. The maximum absolute atomic E-state index is 5.44. The molecular weight excluding hydrogens is 190 g/mol. The average molecular weight is 211 g/mol. The fourth-order valence-electron chi connectivity index (χ4n) is 1.53. The molecule has 0 aliphatic heterocycles. The summed E-state index contributed by atoms with van der Waals surface area (Å²) in [6, 6.07) is 0. The van der Waals surface area contributed by atoms with Crippen molar-refractivity contribution in [2.45, 2.75) is 25.8 Å². The Hall–Kier alpha value is -0.940. The highest BCUT2D eigenvalue weighted by molar-refractivity contribution is 4.90. The number of nitrogens with zero attached hydrogens (tertiary/aromatic N) is 4. The quantitative estimate of drug-likeness (QED) is 0.662. The first-order chi connectivity index (χ1) is 7.22.